The van der Waals surface area contributed by atoms with Crippen LogP contribution in [0.5, 0.6) is 0 Å². The monoisotopic (exact) mass is 220 g/mol. The molecule has 1 aromatic rings. The first kappa shape index (κ1) is 11.1. The Morgan fingerprint density at radius 2 is 1.88 bits per heavy atom. The standard InChI is InChI=1S/C13H16O3/c1-12(2,3)16-11(14)13(9-15-13)10-7-5-4-6-8-10/h4-8H,9H2,1-3H3. The summed E-state index contributed by atoms with van der Waals surface area (Å²) in [4.78, 5) is 12.0. The predicted molar refractivity (Wildman–Crippen MR) is 59.9 cm³/mol. The lowest BCUT2D eigenvalue weighted by Gasteiger charge is -2.22. The molecule has 0 radical (unpaired) electrons. The molecule has 1 unspecified atom stereocenters. The van der Waals surface area contributed by atoms with Crippen molar-refractivity contribution < 1.29 is 14.3 Å². The molecular weight excluding hydrogens is 204 g/mol. The number of benzene rings is 1. The molecule has 0 N–H and O–H groups in total. The second kappa shape index (κ2) is 3.59. The van der Waals surface area contributed by atoms with E-state index in [9.17, 15) is 4.79 Å². The summed E-state index contributed by atoms with van der Waals surface area (Å²) in [7, 11) is 0. The van der Waals surface area contributed by atoms with Gasteiger partial charge in [-0.1, -0.05) is 30.3 Å². The summed E-state index contributed by atoms with van der Waals surface area (Å²) in [6.07, 6.45) is 0. The molecule has 1 saturated heterocycles. The van der Waals surface area contributed by atoms with Crippen molar-refractivity contribution in [1.29, 1.82) is 0 Å². The van der Waals surface area contributed by atoms with Crippen LogP contribution in [0, 0.1) is 0 Å². The molecule has 3 nitrogen and oxygen atoms in total. The number of ether oxygens (including phenoxy) is 2. The topological polar surface area (TPSA) is 38.8 Å². The van der Waals surface area contributed by atoms with Crippen LogP contribution in [0.3, 0.4) is 0 Å². The lowest BCUT2D eigenvalue weighted by molar-refractivity contribution is -0.161. The maximum Gasteiger partial charge on any atom is 0.346 e. The molecule has 0 bridgehead atoms. The molecule has 1 fully saturated rings. The molecular formula is C13H16O3. The highest BCUT2D eigenvalue weighted by atomic mass is 16.6. The fraction of sp³-hybridized carbons (Fsp3) is 0.462. The predicted octanol–water partition coefficient (Wildman–Crippen LogP) is 2.25. The summed E-state index contributed by atoms with van der Waals surface area (Å²) in [6.45, 7) is 5.97. The summed E-state index contributed by atoms with van der Waals surface area (Å²) in [6, 6.07) is 9.47. The van der Waals surface area contributed by atoms with Gasteiger partial charge in [0.15, 0.2) is 0 Å². The molecule has 3 heteroatoms. The van der Waals surface area contributed by atoms with Gasteiger partial charge in [-0.05, 0) is 26.3 Å². The largest absolute Gasteiger partial charge is 0.457 e. The molecule has 0 saturated carbocycles. The van der Waals surface area contributed by atoms with Gasteiger partial charge in [0, 0.05) is 0 Å². The summed E-state index contributed by atoms with van der Waals surface area (Å²) in [5.41, 5.74) is -0.469. The lowest BCUT2D eigenvalue weighted by Crippen LogP contribution is -2.32. The molecule has 1 aromatic carbocycles. The number of carbonyl (C=O) groups excluding carboxylic acids is 1. The first-order valence-corrected chi connectivity index (χ1v) is 5.37. The molecule has 16 heavy (non-hydrogen) atoms. The molecule has 0 amide bonds. The minimum atomic E-state index is -0.853. The van der Waals surface area contributed by atoms with Crippen molar-refractivity contribution in [2.24, 2.45) is 0 Å². The third kappa shape index (κ3) is 2.09. The molecule has 1 atom stereocenters. The van der Waals surface area contributed by atoms with Gasteiger partial charge in [0.1, 0.15) is 5.60 Å². The van der Waals surface area contributed by atoms with Gasteiger partial charge < -0.3 is 9.47 Å². The van der Waals surface area contributed by atoms with Crippen LogP contribution in [0.1, 0.15) is 26.3 Å². The Bertz CT molecular complexity index is 385. The van der Waals surface area contributed by atoms with Crippen molar-refractivity contribution in [2.45, 2.75) is 32.0 Å². The zero-order valence-corrected chi connectivity index (χ0v) is 9.82. The highest BCUT2D eigenvalue weighted by Crippen LogP contribution is 2.40. The van der Waals surface area contributed by atoms with Gasteiger partial charge in [-0.2, -0.15) is 0 Å². The number of epoxide rings is 1. The second-order valence-electron chi connectivity index (χ2n) is 4.98. The molecule has 0 aliphatic carbocycles. The molecule has 0 aromatic heterocycles. The second-order valence-corrected chi connectivity index (χ2v) is 4.98. The van der Waals surface area contributed by atoms with E-state index in [1.54, 1.807) is 0 Å². The van der Waals surface area contributed by atoms with Crippen molar-refractivity contribution in [2.75, 3.05) is 6.61 Å². The summed E-state index contributed by atoms with van der Waals surface area (Å²) in [5, 5.41) is 0. The van der Waals surface area contributed by atoms with E-state index in [0.29, 0.717) is 6.61 Å². The Labute approximate surface area is 95.4 Å². The average molecular weight is 220 g/mol. The van der Waals surface area contributed by atoms with Crippen LogP contribution in [-0.4, -0.2) is 18.2 Å². The Balaban J connectivity index is 2.18. The third-order valence-electron chi connectivity index (χ3n) is 2.40. The van der Waals surface area contributed by atoms with E-state index in [2.05, 4.69) is 0 Å². The minimum absolute atomic E-state index is 0.300. The van der Waals surface area contributed by atoms with Crippen LogP contribution >= 0.6 is 0 Å². The van der Waals surface area contributed by atoms with Gasteiger partial charge in [0.2, 0.25) is 5.60 Å². The van der Waals surface area contributed by atoms with Crippen molar-refractivity contribution in [3.63, 3.8) is 0 Å². The van der Waals surface area contributed by atoms with Gasteiger partial charge in [-0.15, -0.1) is 0 Å². The summed E-state index contributed by atoms with van der Waals surface area (Å²) >= 11 is 0. The molecule has 0 spiro atoms. The normalized spacial score (nSPS) is 23.9. The minimum Gasteiger partial charge on any atom is -0.457 e. The van der Waals surface area contributed by atoms with Crippen LogP contribution in [0.2, 0.25) is 0 Å². The van der Waals surface area contributed by atoms with Gasteiger partial charge >= 0.3 is 5.97 Å². The first-order chi connectivity index (χ1) is 7.44. The molecule has 2 rings (SSSR count). The zero-order valence-electron chi connectivity index (χ0n) is 9.82. The van der Waals surface area contributed by atoms with Crippen LogP contribution in [0.4, 0.5) is 0 Å². The van der Waals surface area contributed by atoms with Crippen molar-refractivity contribution in [1.82, 2.24) is 0 Å². The van der Waals surface area contributed by atoms with Crippen LogP contribution in [0.25, 0.3) is 0 Å². The maximum atomic E-state index is 12.0. The molecule has 1 heterocycles. The van der Waals surface area contributed by atoms with Gasteiger partial charge in [-0.25, -0.2) is 4.79 Å². The Morgan fingerprint density at radius 3 is 2.31 bits per heavy atom. The smallest absolute Gasteiger partial charge is 0.346 e. The lowest BCUT2D eigenvalue weighted by atomic mass is 10.00. The summed E-state index contributed by atoms with van der Waals surface area (Å²) in [5.74, 6) is -0.300. The Hall–Kier alpha value is -1.35. The Kier molecular flexibility index (Phi) is 2.50. The molecule has 1 aliphatic heterocycles. The zero-order chi connectivity index (χ0) is 11.8. The van der Waals surface area contributed by atoms with Crippen molar-refractivity contribution in [3.8, 4) is 0 Å². The Morgan fingerprint density at radius 1 is 1.31 bits per heavy atom. The third-order valence-corrected chi connectivity index (χ3v) is 2.40. The number of hydrogen-bond acceptors (Lipinski definition) is 3. The van der Waals surface area contributed by atoms with E-state index in [1.165, 1.54) is 0 Å². The molecule has 86 valence electrons. The summed E-state index contributed by atoms with van der Waals surface area (Å²) < 4.78 is 10.7. The van der Waals surface area contributed by atoms with E-state index in [1.807, 2.05) is 51.1 Å². The molecule has 1 aliphatic rings. The van der Waals surface area contributed by atoms with E-state index in [0.717, 1.165) is 5.56 Å². The highest BCUT2D eigenvalue weighted by molar-refractivity contribution is 5.84. The highest BCUT2D eigenvalue weighted by Gasteiger charge is 2.56. The van der Waals surface area contributed by atoms with E-state index >= 15 is 0 Å². The fourth-order valence-electron chi connectivity index (χ4n) is 1.54. The van der Waals surface area contributed by atoms with E-state index in [-0.39, 0.29) is 5.97 Å². The number of carbonyl (C=O) groups is 1. The number of esters is 1. The van der Waals surface area contributed by atoms with Crippen LogP contribution in [0.15, 0.2) is 30.3 Å². The van der Waals surface area contributed by atoms with Crippen molar-refractivity contribution >= 4 is 5.97 Å². The SMILES string of the molecule is CC(C)(C)OC(=O)C1(c2ccccc2)CO1. The number of rotatable bonds is 2. The van der Waals surface area contributed by atoms with Gasteiger partial charge in [0.05, 0.1) is 6.61 Å². The van der Waals surface area contributed by atoms with Gasteiger partial charge in [-0.3, -0.25) is 0 Å². The van der Waals surface area contributed by atoms with Crippen LogP contribution < -0.4 is 0 Å². The van der Waals surface area contributed by atoms with E-state index in [4.69, 9.17) is 9.47 Å². The van der Waals surface area contributed by atoms with Gasteiger partial charge in [0.25, 0.3) is 0 Å². The van der Waals surface area contributed by atoms with Crippen LogP contribution in [-0.2, 0) is 19.9 Å². The fourth-order valence-corrected chi connectivity index (χ4v) is 1.54. The quantitative estimate of drug-likeness (QED) is 0.567. The van der Waals surface area contributed by atoms with E-state index < -0.39 is 11.2 Å². The van der Waals surface area contributed by atoms with Crippen molar-refractivity contribution in [3.05, 3.63) is 35.9 Å². The first-order valence-electron chi connectivity index (χ1n) is 5.37. The number of hydrogen-bond donors (Lipinski definition) is 0. The average Bonchev–Trinajstić information content (AvgIpc) is 2.97. The maximum absolute atomic E-state index is 12.0.